The van der Waals surface area contributed by atoms with Crippen LogP contribution in [0, 0.1) is 6.92 Å². The number of imidazole rings is 1. The van der Waals surface area contributed by atoms with E-state index in [1.165, 1.54) is 0 Å². The number of H-pyrrole nitrogens is 1. The number of aromatic nitrogens is 3. The fourth-order valence-electron chi connectivity index (χ4n) is 1.34. The van der Waals surface area contributed by atoms with Crippen LogP contribution in [-0.2, 0) is 5.88 Å². The van der Waals surface area contributed by atoms with E-state index in [-0.39, 0.29) is 0 Å². The molecule has 0 bridgehead atoms. The van der Waals surface area contributed by atoms with Gasteiger partial charge in [-0.15, -0.1) is 11.6 Å². The van der Waals surface area contributed by atoms with Crippen molar-refractivity contribution in [3.8, 4) is 11.4 Å². The molecule has 0 saturated carbocycles. The van der Waals surface area contributed by atoms with E-state index in [2.05, 4.69) is 15.0 Å². The minimum absolute atomic E-state index is 0.397. The van der Waals surface area contributed by atoms with Gasteiger partial charge in [0.25, 0.3) is 0 Å². The van der Waals surface area contributed by atoms with E-state index in [1.54, 1.807) is 6.20 Å². The lowest BCUT2D eigenvalue weighted by atomic mass is 10.2. The van der Waals surface area contributed by atoms with Crippen LogP contribution in [0.1, 0.15) is 11.5 Å². The largest absolute Gasteiger partial charge is 0.345 e. The van der Waals surface area contributed by atoms with Gasteiger partial charge >= 0.3 is 0 Å². The van der Waals surface area contributed by atoms with Crippen LogP contribution >= 0.6 is 11.6 Å². The van der Waals surface area contributed by atoms with E-state index in [4.69, 9.17) is 11.6 Å². The molecular formula is C10H10ClN3. The second-order valence-electron chi connectivity index (χ2n) is 3.01. The molecule has 0 saturated heterocycles. The highest BCUT2D eigenvalue weighted by atomic mass is 35.5. The summed E-state index contributed by atoms with van der Waals surface area (Å²) >= 11 is 5.69. The van der Waals surface area contributed by atoms with Crippen molar-refractivity contribution >= 4 is 11.6 Å². The molecular weight excluding hydrogens is 198 g/mol. The number of nitrogens with zero attached hydrogens (tertiary/aromatic N) is 2. The number of rotatable bonds is 2. The summed E-state index contributed by atoms with van der Waals surface area (Å²) in [6.45, 7) is 1.97. The molecule has 0 aliphatic heterocycles. The van der Waals surface area contributed by atoms with Gasteiger partial charge in [-0.2, -0.15) is 0 Å². The Balaban J connectivity index is 2.46. The molecule has 0 spiro atoms. The molecule has 4 heteroatoms. The number of alkyl halides is 1. The van der Waals surface area contributed by atoms with Crippen LogP contribution in [0.3, 0.4) is 0 Å². The number of hydrogen-bond acceptors (Lipinski definition) is 2. The van der Waals surface area contributed by atoms with Gasteiger partial charge in [0.15, 0.2) is 0 Å². The Hall–Kier alpha value is -1.35. The summed E-state index contributed by atoms with van der Waals surface area (Å²) in [6, 6.07) is 5.76. The van der Waals surface area contributed by atoms with Crippen molar-refractivity contribution in [2.75, 3.05) is 0 Å². The predicted octanol–water partition coefficient (Wildman–Crippen LogP) is 2.52. The molecule has 2 aromatic rings. The van der Waals surface area contributed by atoms with Gasteiger partial charge in [0, 0.05) is 11.9 Å². The molecule has 0 amide bonds. The van der Waals surface area contributed by atoms with Gasteiger partial charge < -0.3 is 4.98 Å². The second-order valence-corrected chi connectivity index (χ2v) is 3.27. The molecule has 0 aliphatic rings. The molecule has 14 heavy (non-hydrogen) atoms. The Kier molecular flexibility index (Phi) is 2.50. The van der Waals surface area contributed by atoms with Crippen LogP contribution in [0.25, 0.3) is 11.4 Å². The number of aromatic amines is 1. The first kappa shape index (κ1) is 9.21. The summed E-state index contributed by atoms with van der Waals surface area (Å²) in [5.74, 6) is 1.18. The van der Waals surface area contributed by atoms with Crippen molar-refractivity contribution in [3.05, 3.63) is 35.9 Å². The van der Waals surface area contributed by atoms with Gasteiger partial charge in [-0.25, -0.2) is 4.98 Å². The van der Waals surface area contributed by atoms with Crippen LogP contribution in [0.4, 0.5) is 0 Å². The molecule has 0 radical (unpaired) electrons. The second kappa shape index (κ2) is 3.80. The number of hydrogen-bond donors (Lipinski definition) is 1. The first-order valence-electron chi connectivity index (χ1n) is 4.34. The van der Waals surface area contributed by atoms with Crippen molar-refractivity contribution in [1.82, 2.24) is 15.0 Å². The standard InChI is InChI=1S/C10H10ClN3/c1-7-10(14-9(6-11)13-7)8-4-2-3-5-12-8/h2-5H,6H2,1H3,(H,13,14). The first-order valence-corrected chi connectivity index (χ1v) is 4.87. The Morgan fingerprint density at radius 1 is 1.43 bits per heavy atom. The minimum atomic E-state index is 0.397. The van der Waals surface area contributed by atoms with Crippen molar-refractivity contribution in [3.63, 3.8) is 0 Å². The van der Waals surface area contributed by atoms with Gasteiger partial charge in [-0.1, -0.05) is 6.07 Å². The highest BCUT2D eigenvalue weighted by Crippen LogP contribution is 2.18. The molecule has 0 unspecified atom stereocenters. The van der Waals surface area contributed by atoms with E-state index >= 15 is 0 Å². The third-order valence-electron chi connectivity index (χ3n) is 1.97. The maximum absolute atomic E-state index is 5.69. The summed E-state index contributed by atoms with van der Waals surface area (Å²) in [5, 5.41) is 0. The van der Waals surface area contributed by atoms with Crippen LogP contribution in [0.5, 0.6) is 0 Å². The Labute approximate surface area is 87.2 Å². The lowest BCUT2D eigenvalue weighted by molar-refractivity contribution is 1.10. The monoisotopic (exact) mass is 207 g/mol. The zero-order chi connectivity index (χ0) is 9.97. The number of halogens is 1. The maximum atomic E-state index is 5.69. The average Bonchev–Trinajstić information content (AvgIpc) is 2.61. The Morgan fingerprint density at radius 3 is 2.86 bits per heavy atom. The van der Waals surface area contributed by atoms with Gasteiger partial charge in [0.2, 0.25) is 0 Å². The van der Waals surface area contributed by atoms with Gasteiger partial charge in [-0.05, 0) is 19.1 Å². The van der Waals surface area contributed by atoms with Crippen molar-refractivity contribution in [2.24, 2.45) is 0 Å². The molecule has 0 fully saturated rings. The zero-order valence-electron chi connectivity index (χ0n) is 7.79. The fourth-order valence-corrected chi connectivity index (χ4v) is 1.46. The van der Waals surface area contributed by atoms with Crippen molar-refractivity contribution in [2.45, 2.75) is 12.8 Å². The molecule has 1 N–H and O–H groups in total. The van der Waals surface area contributed by atoms with Crippen molar-refractivity contribution in [1.29, 1.82) is 0 Å². The molecule has 2 aromatic heterocycles. The van der Waals surface area contributed by atoms with Gasteiger partial charge in [0.05, 0.1) is 11.6 Å². The van der Waals surface area contributed by atoms with Crippen molar-refractivity contribution < 1.29 is 0 Å². The zero-order valence-corrected chi connectivity index (χ0v) is 8.54. The van der Waals surface area contributed by atoms with E-state index < -0.39 is 0 Å². The molecule has 3 nitrogen and oxygen atoms in total. The smallest absolute Gasteiger partial charge is 0.122 e. The summed E-state index contributed by atoms with van der Waals surface area (Å²) in [4.78, 5) is 11.7. The van der Waals surface area contributed by atoms with E-state index in [1.807, 2.05) is 25.1 Å². The highest BCUT2D eigenvalue weighted by molar-refractivity contribution is 6.16. The van der Waals surface area contributed by atoms with Crippen LogP contribution < -0.4 is 0 Å². The number of nitrogens with one attached hydrogen (secondary N) is 1. The Morgan fingerprint density at radius 2 is 2.29 bits per heavy atom. The van der Waals surface area contributed by atoms with Crippen LogP contribution in [-0.4, -0.2) is 15.0 Å². The van der Waals surface area contributed by atoms with Gasteiger partial charge in [-0.3, -0.25) is 4.98 Å². The lowest BCUT2D eigenvalue weighted by Crippen LogP contribution is -1.84. The first-order chi connectivity index (χ1) is 6.81. The summed E-state index contributed by atoms with van der Waals surface area (Å²) in [6.07, 6.45) is 1.75. The third kappa shape index (κ3) is 1.63. The Bertz CT molecular complexity index is 422. The quantitative estimate of drug-likeness (QED) is 0.769. The normalized spacial score (nSPS) is 10.4. The summed E-state index contributed by atoms with van der Waals surface area (Å²) < 4.78 is 0. The summed E-state index contributed by atoms with van der Waals surface area (Å²) in [5.41, 5.74) is 2.75. The third-order valence-corrected chi connectivity index (χ3v) is 2.22. The minimum Gasteiger partial charge on any atom is -0.345 e. The van der Waals surface area contributed by atoms with E-state index in [0.29, 0.717) is 5.88 Å². The lowest BCUT2D eigenvalue weighted by Gasteiger charge is -1.95. The summed E-state index contributed by atoms with van der Waals surface area (Å²) in [7, 11) is 0. The number of aryl methyl sites for hydroxylation is 1. The van der Waals surface area contributed by atoms with Gasteiger partial charge in [0.1, 0.15) is 11.5 Å². The van der Waals surface area contributed by atoms with E-state index in [0.717, 1.165) is 22.9 Å². The molecule has 72 valence electrons. The van der Waals surface area contributed by atoms with E-state index in [9.17, 15) is 0 Å². The highest BCUT2D eigenvalue weighted by Gasteiger charge is 2.08. The number of pyridine rings is 1. The SMILES string of the molecule is Cc1[nH]c(CCl)nc1-c1ccccn1. The molecule has 0 atom stereocenters. The predicted molar refractivity (Wildman–Crippen MR) is 56.1 cm³/mol. The molecule has 2 heterocycles. The van der Waals surface area contributed by atoms with Crippen LogP contribution in [0.15, 0.2) is 24.4 Å². The average molecular weight is 208 g/mol. The maximum Gasteiger partial charge on any atom is 0.122 e. The molecule has 0 aliphatic carbocycles. The van der Waals surface area contributed by atoms with Crippen LogP contribution in [0.2, 0.25) is 0 Å². The molecule has 2 rings (SSSR count). The molecule has 0 aromatic carbocycles. The fraction of sp³-hybridized carbons (Fsp3) is 0.200. The topological polar surface area (TPSA) is 41.6 Å².